The molecule has 6 heteroatoms. The average Bonchev–Trinajstić information content (AvgIpc) is 2.81. The van der Waals surface area contributed by atoms with Gasteiger partial charge in [-0.25, -0.2) is 4.98 Å². The molecule has 0 saturated carbocycles. The summed E-state index contributed by atoms with van der Waals surface area (Å²) in [5.74, 6) is 0.339. The first-order valence-corrected chi connectivity index (χ1v) is 4.31. The number of nitro groups is 1. The lowest BCUT2D eigenvalue weighted by atomic mass is 10.1. The monoisotopic (exact) mass is 215 g/mol. The van der Waals surface area contributed by atoms with Crippen LogP contribution in [-0.2, 0) is 0 Å². The highest BCUT2D eigenvalue weighted by atomic mass is 16.6. The van der Waals surface area contributed by atoms with Crippen LogP contribution in [0.15, 0.2) is 35.1 Å². The van der Waals surface area contributed by atoms with E-state index in [2.05, 4.69) is 4.98 Å². The molecule has 6 nitrogen and oxygen atoms in total. The minimum Gasteiger partial charge on any atom is -0.464 e. The van der Waals surface area contributed by atoms with Gasteiger partial charge in [-0.15, -0.1) is 0 Å². The molecule has 78 valence electrons. The molecule has 0 unspecified atom stereocenters. The number of aromatic nitrogens is 1. The first kappa shape index (κ1) is 9.86. The first-order chi connectivity index (χ1) is 7.74. The first-order valence-electron chi connectivity index (χ1n) is 4.31. The van der Waals surface area contributed by atoms with Gasteiger partial charge in [0.1, 0.15) is 11.8 Å². The highest BCUT2D eigenvalue weighted by Crippen LogP contribution is 2.31. The zero-order chi connectivity index (χ0) is 11.5. The summed E-state index contributed by atoms with van der Waals surface area (Å²) in [6.07, 6.45) is 2.74. The number of pyridine rings is 1. The number of furan rings is 1. The predicted octanol–water partition coefficient (Wildman–Crippen LogP) is 2.12. The maximum absolute atomic E-state index is 10.9. The maximum atomic E-state index is 10.9. The molecule has 2 aromatic heterocycles. The van der Waals surface area contributed by atoms with Crippen LogP contribution in [0.2, 0.25) is 0 Å². The van der Waals surface area contributed by atoms with E-state index < -0.39 is 4.92 Å². The Morgan fingerprint density at radius 3 is 2.88 bits per heavy atom. The highest BCUT2D eigenvalue weighted by molar-refractivity contribution is 5.72. The van der Waals surface area contributed by atoms with Gasteiger partial charge in [0.15, 0.2) is 0 Å². The number of hydrogen-bond acceptors (Lipinski definition) is 5. The highest BCUT2D eigenvalue weighted by Gasteiger charge is 2.23. The van der Waals surface area contributed by atoms with Crippen LogP contribution in [0.25, 0.3) is 11.3 Å². The van der Waals surface area contributed by atoms with E-state index >= 15 is 0 Å². The fraction of sp³-hybridized carbons (Fsp3) is 0. The minimum absolute atomic E-state index is 0.223. The molecule has 2 rings (SSSR count). The molecular weight excluding hydrogens is 210 g/mol. The molecule has 0 bridgehead atoms. The van der Waals surface area contributed by atoms with Crippen LogP contribution >= 0.6 is 0 Å². The van der Waals surface area contributed by atoms with Crippen LogP contribution in [0.3, 0.4) is 0 Å². The maximum Gasteiger partial charge on any atom is 0.316 e. The van der Waals surface area contributed by atoms with E-state index in [0.29, 0.717) is 5.76 Å². The van der Waals surface area contributed by atoms with Crippen LogP contribution in [-0.4, -0.2) is 9.91 Å². The van der Waals surface area contributed by atoms with Crippen molar-refractivity contribution in [1.82, 2.24) is 4.98 Å². The molecule has 16 heavy (non-hydrogen) atoms. The molecular formula is C10H5N3O3. The molecule has 0 aromatic carbocycles. The molecule has 0 saturated heterocycles. The Balaban J connectivity index is 2.72. The van der Waals surface area contributed by atoms with Crippen molar-refractivity contribution in [3.63, 3.8) is 0 Å². The van der Waals surface area contributed by atoms with Crippen LogP contribution in [0.5, 0.6) is 0 Å². The SMILES string of the molecule is N#Cc1nccc(-c2ccco2)c1[N+](=O)[O-]. The Labute approximate surface area is 89.9 Å². The van der Waals surface area contributed by atoms with E-state index in [1.54, 1.807) is 18.2 Å². The molecule has 0 atom stereocenters. The second-order valence-corrected chi connectivity index (χ2v) is 2.90. The van der Waals surface area contributed by atoms with E-state index in [1.807, 2.05) is 0 Å². The molecule has 2 aromatic rings. The normalized spacial score (nSPS) is 9.69. The number of nitrogens with zero attached hydrogens (tertiary/aromatic N) is 3. The van der Waals surface area contributed by atoms with Crippen molar-refractivity contribution < 1.29 is 9.34 Å². The van der Waals surface area contributed by atoms with Crippen molar-refractivity contribution in [2.75, 3.05) is 0 Å². The van der Waals surface area contributed by atoms with Gasteiger partial charge >= 0.3 is 5.69 Å². The summed E-state index contributed by atoms with van der Waals surface area (Å²) in [5, 5.41) is 19.6. The minimum atomic E-state index is -0.636. The van der Waals surface area contributed by atoms with Crippen molar-refractivity contribution in [3.05, 3.63) is 46.5 Å². The summed E-state index contributed by atoms with van der Waals surface area (Å²) >= 11 is 0. The lowest BCUT2D eigenvalue weighted by Crippen LogP contribution is -1.97. The van der Waals surface area contributed by atoms with E-state index in [9.17, 15) is 10.1 Å². The second kappa shape index (κ2) is 3.82. The predicted molar refractivity (Wildman–Crippen MR) is 53.3 cm³/mol. The van der Waals surface area contributed by atoms with E-state index in [4.69, 9.17) is 9.68 Å². The zero-order valence-corrected chi connectivity index (χ0v) is 7.95. The van der Waals surface area contributed by atoms with E-state index in [-0.39, 0.29) is 16.9 Å². The molecule has 2 heterocycles. The Morgan fingerprint density at radius 2 is 2.31 bits per heavy atom. The van der Waals surface area contributed by atoms with Gasteiger partial charge in [-0.1, -0.05) is 0 Å². The number of nitriles is 1. The van der Waals surface area contributed by atoms with Crippen molar-refractivity contribution in [3.8, 4) is 17.4 Å². The molecule has 0 amide bonds. The van der Waals surface area contributed by atoms with Crippen molar-refractivity contribution in [1.29, 1.82) is 5.26 Å². The van der Waals surface area contributed by atoms with Crippen molar-refractivity contribution in [2.24, 2.45) is 0 Å². The number of rotatable bonds is 2. The Morgan fingerprint density at radius 1 is 1.50 bits per heavy atom. The van der Waals surface area contributed by atoms with Crippen molar-refractivity contribution >= 4 is 5.69 Å². The molecule has 0 aliphatic rings. The molecule has 0 fully saturated rings. The number of hydrogen-bond donors (Lipinski definition) is 0. The standard InChI is InChI=1S/C10H5N3O3/c11-6-8-10(13(14)15)7(3-4-12-8)9-2-1-5-16-9/h1-5H. The summed E-state index contributed by atoms with van der Waals surface area (Å²) in [5.41, 5.74) is -0.305. The summed E-state index contributed by atoms with van der Waals surface area (Å²) < 4.78 is 5.07. The van der Waals surface area contributed by atoms with Gasteiger partial charge in [0, 0.05) is 6.20 Å². The van der Waals surface area contributed by atoms with Gasteiger partial charge in [-0.2, -0.15) is 5.26 Å². The van der Waals surface area contributed by atoms with Crippen LogP contribution in [0.1, 0.15) is 5.69 Å². The fourth-order valence-electron chi connectivity index (χ4n) is 1.35. The fourth-order valence-corrected chi connectivity index (χ4v) is 1.35. The Bertz CT molecular complexity index is 569. The zero-order valence-electron chi connectivity index (χ0n) is 7.95. The van der Waals surface area contributed by atoms with Gasteiger partial charge in [0.25, 0.3) is 0 Å². The quantitative estimate of drug-likeness (QED) is 0.565. The average molecular weight is 215 g/mol. The van der Waals surface area contributed by atoms with Gasteiger partial charge < -0.3 is 4.42 Å². The van der Waals surface area contributed by atoms with Gasteiger partial charge in [0.2, 0.25) is 5.69 Å². The van der Waals surface area contributed by atoms with Gasteiger partial charge in [-0.05, 0) is 18.2 Å². The Hall–Kier alpha value is -2.68. The Kier molecular flexibility index (Phi) is 2.36. The molecule has 0 spiro atoms. The topological polar surface area (TPSA) is 93.0 Å². The molecule has 0 radical (unpaired) electrons. The lowest BCUT2D eigenvalue weighted by Gasteiger charge is -1.99. The molecule has 0 aliphatic heterocycles. The van der Waals surface area contributed by atoms with Crippen LogP contribution < -0.4 is 0 Å². The summed E-state index contributed by atoms with van der Waals surface area (Å²) in [6.45, 7) is 0. The molecule has 0 aliphatic carbocycles. The third-order valence-electron chi connectivity index (χ3n) is 2.00. The third kappa shape index (κ3) is 1.50. The summed E-state index contributed by atoms with van der Waals surface area (Å²) in [6, 6.07) is 6.33. The lowest BCUT2D eigenvalue weighted by molar-refractivity contribution is -0.384. The largest absolute Gasteiger partial charge is 0.464 e. The van der Waals surface area contributed by atoms with Crippen LogP contribution in [0.4, 0.5) is 5.69 Å². The van der Waals surface area contributed by atoms with Crippen LogP contribution in [0, 0.1) is 21.4 Å². The van der Waals surface area contributed by atoms with Crippen molar-refractivity contribution in [2.45, 2.75) is 0 Å². The second-order valence-electron chi connectivity index (χ2n) is 2.90. The molecule has 0 N–H and O–H groups in total. The smallest absolute Gasteiger partial charge is 0.316 e. The van der Waals surface area contributed by atoms with E-state index in [1.165, 1.54) is 18.5 Å². The summed E-state index contributed by atoms with van der Waals surface area (Å²) in [4.78, 5) is 13.9. The van der Waals surface area contributed by atoms with Gasteiger partial charge in [-0.3, -0.25) is 10.1 Å². The van der Waals surface area contributed by atoms with Gasteiger partial charge in [0.05, 0.1) is 16.7 Å². The van der Waals surface area contributed by atoms with E-state index in [0.717, 1.165) is 0 Å². The third-order valence-corrected chi connectivity index (χ3v) is 2.00. The summed E-state index contributed by atoms with van der Waals surface area (Å²) in [7, 11) is 0.